The van der Waals surface area contributed by atoms with Crippen LogP contribution in [0.15, 0.2) is 57.8 Å². The van der Waals surface area contributed by atoms with Crippen LogP contribution in [0.4, 0.5) is 0 Å². The molecule has 0 aliphatic carbocycles. The highest BCUT2D eigenvalue weighted by atomic mass is 32.2. The number of rotatable bonds is 6. The molecular formula is C25H30N2O3S. The molecule has 1 aromatic heterocycles. The van der Waals surface area contributed by atoms with Crippen molar-refractivity contribution in [3.05, 3.63) is 60.0 Å². The molecule has 31 heavy (non-hydrogen) atoms. The minimum atomic E-state index is -3.19. The number of aromatic nitrogens is 1. The second-order valence-electron chi connectivity index (χ2n) is 8.69. The number of nitrogens with zero attached hydrogens (tertiary/aromatic N) is 1. The van der Waals surface area contributed by atoms with E-state index in [2.05, 4.69) is 12.2 Å². The van der Waals surface area contributed by atoms with Crippen molar-refractivity contribution < 1.29 is 12.8 Å². The Hall–Kier alpha value is -2.44. The third-order valence-electron chi connectivity index (χ3n) is 6.19. The van der Waals surface area contributed by atoms with Crippen molar-refractivity contribution in [1.82, 2.24) is 10.3 Å². The first kappa shape index (κ1) is 21.8. The van der Waals surface area contributed by atoms with E-state index in [9.17, 15) is 8.42 Å². The molecule has 6 heteroatoms. The second kappa shape index (κ2) is 8.97. The van der Waals surface area contributed by atoms with Gasteiger partial charge < -0.3 is 9.73 Å². The van der Waals surface area contributed by atoms with Crippen LogP contribution in [-0.4, -0.2) is 32.2 Å². The van der Waals surface area contributed by atoms with Gasteiger partial charge in [-0.3, -0.25) is 0 Å². The predicted octanol–water partition coefficient (Wildman–Crippen LogP) is 5.04. The fraction of sp³-hybridized carbons (Fsp3) is 0.400. The highest BCUT2D eigenvalue weighted by Gasteiger charge is 2.19. The molecule has 3 aromatic rings. The molecule has 1 unspecified atom stereocenters. The van der Waals surface area contributed by atoms with E-state index in [-0.39, 0.29) is 0 Å². The lowest BCUT2D eigenvalue weighted by atomic mass is 9.91. The summed E-state index contributed by atoms with van der Waals surface area (Å²) in [6.07, 6.45) is 5.83. The van der Waals surface area contributed by atoms with Crippen LogP contribution in [0.2, 0.25) is 0 Å². The maximum absolute atomic E-state index is 11.6. The van der Waals surface area contributed by atoms with E-state index in [0.717, 1.165) is 47.5 Å². The first-order valence-electron chi connectivity index (χ1n) is 10.9. The smallest absolute Gasteiger partial charge is 0.226 e. The van der Waals surface area contributed by atoms with E-state index in [1.165, 1.54) is 19.1 Å². The molecule has 1 aliphatic heterocycles. The number of nitrogens with one attached hydrogen (secondary N) is 1. The molecule has 0 amide bonds. The minimum absolute atomic E-state index is 0.328. The lowest BCUT2D eigenvalue weighted by Gasteiger charge is -2.27. The molecule has 2 heterocycles. The maximum atomic E-state index is 11.6. The predicted molar refractivity (Wildman–Crippen MR) is 124 cm³/mol. The van der Waals surface area contributed by atoms with Gasteiger partial charge in [-0.2, -0.15) is 0 Å². The largest absolute Gasteiger partial charge is 0.441 e. The zero-order valence-corrected chi connectivity index (χ0v) is 19.2. The maximum Gasteiger partial charge on any atom is 0.226 e. The van der Waals surface area contributed by atoms with Gasteiger partial charge in [-0.25, -0.2) is 13.4 Å². The summed E-state index contributed by atoms with van der Waals surface area (Å²) in [7, 11) is -3.19. The Kier molecular flexibility index (Phi) is 6.30. The molecule has 0 bridgehead atoms. The third kappa shape index (κ3) is 5.25. The molecule has 0 spiro atoms. The van der Waals surface area contributed by atoms with Gasteiger partial charge in [0.2, 0.25) is 5.89 Å². The summed E-state index contributed by atoms with van der Waals surface area (Å²) < 4.78 is 29.2. The van der Waals surface area contributed by atoms with Gasteiger partial charge in [0.15, 0.2) is 9.84 Å². The third-order valence-corrected chi connectivity index (χ3v) is 7.32. The Morgan fingerprint density at radius 1 is 1.00 bits per heavy atom. The van der Waals surface area contributed by atoms with Crippen molar-refractivity contribution in [1.29, 1.82) is 0 Å². The molecular weight excluding hydrogens is 408 g/mol. The lowest BCUT2D eigenvalue weighted by molar-refractivity contribution is 0.308. The van der Waals surface area contributed by atoms with Gasteiger partial charge in [0.1, 0.15) is 5.76 Å². The molecule has 0 saturated carbocycles. The van der Waals surface area contributed by atoms with Crippen molar-refractivity contribution in [2.24, 2.45) is 5.92 Å². The second-order valence-corrected chi connectivity index (χ2v) is 10.7. The number of hydrogen-bond donors (Lipinski definition) is 1. The first-order valence-corrected chi connectivity index (χ1v) is 12.8. The summed E-state index contributed by atoms with van der Waals surface area (Å²) in [5, 5.41) is 3.57. The standard InChI is InChI=1S/C25H30N2O3S/c1-17-4-5-19(16-26-17)6-15-24-18(2)30-25(27-24)22-9-7-20(8-10-22)21-11-13-23(14-12-21)31(3,28)29/h7-14,17,19,26H,4-6,15-16H2,1-3H3/t17?,19-/m1/s1. The molecule has 4 rings (SSSR count). The van der Waals surface area contributed by atoms with E-state index in [4.69, 9.17) is 9.40 Å². The molecule has 164 valence electrons. The van der Waals surface area contributed by atoms with Crippen LogP contribution in [0.3, 0.4) is 0 Å². The van der Waals surface area contributed by atoms with Gasteiger partial charge in [-0.15, -0.1) is 0 Å². The van der Waals surface area contributed by atoms with Gasteiger partial charge in [-0.1, -0.05) is 24.3 Å². The van der Waals surface area contributed by atoms with E-state index < -0.39 is 9.84 Å². The molecule has 2 atom stereocenters. The number of oxazole rings is 1. The normalized spacial score (nSPS) is 19.5. The van der Waals surface area contributed by atoms with Gasteiger partial charge in [0.25, 0.3) is 0 Å². The van der Waals surface area contributed by atoms with Crippen molar-refractivity contribution >= 4 is 9.84 Å². The molecule has 5 nitrogen and oxygen atoms in total. The topological polar surface area (TPSA) is 72.2 Å². The van der Waals surface area contributed by atoms with Crippen LogP contribution in [0.5, 0.6) is 0 Å². The minimum Gasteiger partial charge on any atom is -0.441 e. The molecule has 2 aromatic carbocycles. The summed E-state index contributed by atoms with van der Waals surface area (Å²) in [5.41, 5.74) is 3.98. The number of benzene rings is 2. The fourth-order valence-electron chi connectivity index (χ4n) is 4.13. The Balaban J connectivity index is 1.44. The van der Waals surface area contributed by atoms with E-state index in [0.29, 0.717) is 22.7 Å². The van der Waals surface area contributed by atoms with Crippen LogP contribution in [0.1, 0.15) is 37.6 Å². The average Bonchev–Trinajstić information content (AvgIpc) is 3.13. The number of aryl methyl sites for hydroxylation is 2. The van der Waals surface area contributed by atoms with Crippen LogP contribution < -0.4 is 5.32 Å². The number of hydrogen-bond acceptors (Lipinski definition) is 5. The van der Waals surface area contributed by atoms with Gasteiger partial charge in [0, 0.05) is 17.9 Å². The average molecular weight is 439 g/mol. The van der Waals surface area contributed by atoms with E-state index >= 15 is 0 Å². The summed E-state index contributed by atoms with van der Waals surface area (Å²) in [6, 6.07) is 15.6. The van der Waals surface area contributed by atoms with Crippen LogP contribution in [0, 0.1) is 12.8 Å². The van der Waals surface area contributed by atoms with Gasteiger partial charge >= 0.3 is 0 Å². The zero-order chi connectivity index (χ0) is 22.0. The Labute approximate surface area is 184 Å². The molecule has 1 fully saturated rings. The summed E-state index contributed by atoms with van der Waals surface area (Å²) in [4.78, 5) is 5.09. The van der Waals surface area contributed by atoms with Crippen molar-refractivity contribution in [2.75, 3.05) is 12.8 Å². The fourth-order valence-corrected chi connectivity index (χ4v) is 4.76. The summed E-state index contributed by atoms with van der Waals surface area (Å²) in [6.45, 7) is 5.34. The Bertz CT molecular complexity index is 1120. The van der Waals surface area contributed by atoms with Crippen LogP contribution in [-0.2, 0) is 16.3 Å². The molecule has 1 aliphatic rings. The SMILES string of the molecule is Cc1oc(-c2ccc(-c3ccc(S(C)(=O)=O)cc3)cc2)nc1CC[C@H]1CCC(C)NC1. The van der Waals surface area contributed by atoms with Crippen LogP contribution in [0.25, 0.3) is 22.6 Å². The quantitative estimate of drug-likeness (QED) is 0.584. The Morgan fingerprint density at radius 2 is 1.61 bits per heavy atom. The highest BCUT2D eigenvalue weighted by Crippen LogP contribution is 2.28. The van der Waals surface area contributed by atoms with E-state index in [1.807, 2.05) is 43.3 Å². The van der Waals surface area contributed by atoms with Gasteiger partial charge in [0.05, 0.1) is 10.6 Å². The van der Waals surface area contributed by atoms with E-state index in [1.54, 1.807) is 12.1 Å². The lowest BCUT2D eigenvalue weighted by Crippen LogP contribution is -2.36. The first-order chi connectivity index (χ1) is 14.8. The summed E-state index contributed by atoms with van der Waals surface area (Å²) in [5.74, 6) is 2.26. The zero-order valence-electron chi connectivity index (χ0n) is 18.4. The van der Waals surface area contributed by atoms with Crippen molar-refractivity contribution in [2.45, 2.75) is 50.5 Å². The highest BCUT2D eigenvalue weighted by molar-refractivity contribution is 7.90. The molecule has 0 radical (unpaired) electrons. The monoisotopic (exact) mass is 438 g/mol. The number of piperidine rings is 1. The molecule has 1 N–H and O–H groups in total. The summed E-state index contributed by atoms with van der Waals surface area (Å²) >= 11 is 0. The van der Waals surface area contributed by atoms with Gasteiger partial charge in [-0.05, 0) is 87.4 Å². The Morgan fingerprint density at radius 3 is 2.19 bits per heavy atom. The number of sulfone groups is 1. The molecule has 1 saturated heterocycles. The van der Waals surface area contributed by atoms with Crippen molar-refractivity contribution in [3.8, 4) is 22.6 Å². The van der Waals surface area contributed by atoms with Crippen molar-refractivity contribution in [3.63, 3.8) is 0 Å². The van der Waals surface area contributed by atoms with Crippen LogP contribution >= 0.6 is 0 Å².